The quantitative estimate of drug-likeness (QED) is 0.729. The fourth-order valence-electron chi connectivity index (χ4n) is 2.95. The molecule has 1 amide bonds. The number of carbonyl (C=O) groups is 2. The maximum Gasteiger partial charge on any atom is 0.342 e. The first-order valence-corrected chi connectivity index (χ1v) is 10.5. The van der Waals surface area contributed by atoms with Crippen LogP contribution >= 0.6 is 11.6 Å². The number of amides is 1. The summed E-state index contributed by atoms with van der Waals surface area (Å²) in [7, 11) is -3.15. The second kappa shape index (κ2) is 8.26. The Kier molecular flexibility index (Phi) is 6.52. The van der Waals surface area contributed by atoms with Gasteiger partial charge in [0, 0.05) is 17.1 Å². The van der Waals surface area contributed by atoms with Gasteiger partial charge < -0.3 is 14.7 Å². The third-order valence-corrected chi connectivity index (χ3v) is 6.45. The van der Waals surface area contributed by atoms with Gasteiger partial charge in [0.2, 0.25) is 0 Å². The lowest BCUT2D eigenvalue weighted by atomic mass is 10.1. The van der Waals surface area contributed by atoms with Crippen molar-refractivity contribution in [2.24, 2.45) is 0 Å². The zero-order chi connectivity index (χ0) is 19.5. The van der Waals surface area contributed by atoms with E-state index in [1.54, 1.807) is 0 Å². The Morgan fingerprint density at radius 2 is 2.12 bits per heavy atom. The van der Waals surface area contributed by atoms with Crippen molar-refractivity contribution in [1.82, 2.24) is 4.90 Å². The highest BCUT2D eigenvalue weighted by molar-refractivity contribution is 7.91. The highest BCUT2D eigenvalue weighted by Crippen LogP contribution is 2.23. The Morgan fingerprint density at radius 3 is 2.69 bits per heavy atom. The van der Waals surface area contributed by atoms with Gasteiger partial charge in [0.1, 0.15) is 11.3 Å². The molecule has 1 heterocycles. The van der Waals surface area contributed by atoms with E-state index < -0.39 is 34.4 Å². The Labute approximate surface area is 157 Å². The lowest BCUT2D eigenvalue weighted by Gasteiger charge is -2.33. The zero-order valence-electron chi connectivity index (χ0n) is 14.6. The van der Waals surface area contributed by atoms with E-state index in [4.69, 9.17) is 16.3 Å². The lowest BCUT2D eigenvalue weighted by molar-refractivity contribution is -0.138. The van der Waals surface area contributed by atoms with Gasteiger partial charge in [0.05, 0.1) is 11.5 Å². The molecule has 1 aliphatic heterocycles. The molecule has 0 unspecified atom stereocenters. The minimum absolute atomic E-state index is 0.0497. The largest absolute Gasteiger partial charge is 0.507 e. The van der Waals surface area contributed by atoms with Crippen molar-refractivity contribution in [1.29, 1.82) is 0 Å². The molecule has 2 rings (SSSR count). The first-order valence-electron chi connectivity index (χ1n) is 8.32. The van der Waals surface area contributed by atoms with Gasteiger partial charge in [0.25, 0.3) is 5.91 Å². The van der Waals surface area contributed by atoms with Crippen molar-refractivity contribution in [2.75, 3.05) is 18.1 Å². The third kappa shape index (κ3) is 4.88. The predicted octanol–water partition coefficient (Wildman–Crippen LogP) is 2.02. The molecule has 1 aliphatic rings. The number of rotatable bonds is 6. The molecule has 144 valence electrons. The van der Waals surface area contributed by atoms with Gasteiger partial charge in [-0.1, -0.05) is 18.5 Å². The van der Waals surface area contributed by atoms with Crippen molar-refractivity contribution < 1.29 is 27.9 Å². The van der Waals surface area contributed by atoms with E-state index in [0.717, 1.165) is 0 Å². The smallest absolute Gasteiger partial charge is 0.342 e. The Morgan fingerprint density at radius 1 is 1.42 bits per heavy atom. The summed E-state index contributed by atoms with van der Waals surface area (Å²) in [5.74, 6) is -1.66. The van der Waals surface area contributed by atoms with E-state index in [1.165, 1.54) is 23.1 Å². The van der Waals surface area contributed by atoms with Gasteiger partial charge in [0.15, 0.2) is 16.4 Å². The van der Waals surface area contributed by atoms with Gasteiger partial charge in [-0.15, -0.1) is 0 Å². The third-order valence-electron chi connectivity index (χ3n) is 4.46. The Hall–Kier alpha value is -1.80. The average molecular weight is 404 g/mol. The van der Waals surface area contributed by atoms with Crippen LogP contribution in [0.5, 0.6) is 5.75 Å². The molecular weight excluding hydrogens is 382 g/mol. The first-order chi connectivity index (χ1) is 12.1. The Bertz CT molecular complexity index is 794. The number of carbonyl (C=O) groups excluding carboxylic acids is 2. The topological polar surface area (TPSA) is 101 Å². The lowest BCUT2D eigenvalue weighted by Crippen LogP contribution is -2.48. The highest BCUT2D eigenvalue weighted by Gasteiger charge is 2.36. The van der Waals surface area contributed by atoms with Gasteiger partial charge >= 0.3 is 5.97 Å². The van der Waals surface area contributed by atoms with Crippen molar-refractivity contribution >= 4 is 33.3 Å². The van der Waals surface area contributed by atoms with E-state index in [9.17, 15) is 23.1 Å². The number of hydrogen-bond acceptors (Lipinski definition) is 6. The van der Waals surface area contributed by atoms with Crippen LogP contribution in [0.2, 0.25) is 5.02 Å². The molecule has 26 heavy (non-hydrogen) atoms. The number of sulfone groups is 1. The van der Waals surface area contributed by atoms with Crippen molar-refractivity contribution in [3.63, 3.8) is 0 Å². The van der Waals surface area contributed by atoms with Crippen LogP contribution in [-0.2, 0) is 19.4 Å². The number of nitrogens with zero attached hydrogens (tertiary/aromatic N) is 1. The molecule has 1 fully saturated rings. The predicted molar refractivity (Wildman–Crippen MR) is 97.1 cm³/mol. The molecule has 7 nitrogen and oxygen atoms in total. The van der Waals surface area contributed by atoms with E-state index in [2.05, 4.69) is 0 Å². The zero-order valence-corrected chi connectivity index (χ0v) is 16.2. The molecule has 1 aromatic carbocycles. The number of hydrogen-bond donors (Lipinski definition) is 1. The van der Waals surface area contributed by atoms with Crippen molar-refractivity contribution in [3.05, 3.63) is 28.8 Å². The van der Waals surface area contributed by atoms with E-state index in [1.807, 2.05) is 13.8 Å². The summed E-state index contributed by atoms with van der Waals surface area (Å²) < 4.78 is 28.5. The number of benzene rings is 1. The molecule has 0 saturated carbocycles. The monoisotopic (exact) mass is 403 g/mol. The minimum atomic E-state index is -3.15. The Balaban J connectivity index is 2.07. The number of ether oxygens (including phenoxy) is 1. The number of halogens is 1. The molecule has 1 aromatic rings. The minimum Gasteiger partial charge on any atom is -0.507 e. The molecule has 0 bridgehead atoms. The van der Waals surface area contributed by atoms with Crippen LogP contribution in [0.25, 0.3) is 0 Å². The van der Waals surface area contributed by atoms with Crippen LogP contribution < -0.4 is 0 Å². The standard InChI is InChI=1S/C17H22ClNO6S/c1-3-11(2)19(13-6-7-26(23,24)10-13)16(21)9-25-17(22)14-8-12(18)4-5-15(14)20/h4-5,8,11,13,20H,3,6-7,9-10H2,1-2H3/t11-,13+/m0/s1. The van der Waals surface area contributed by atoms with Crippen LogP contribution in [0, 0.1) is 0 Å². The van der Waals surface area contributed by atoms with Crippen LogP contribution in [-0.4, -0.2) is 60.5 Å². The summed E-state index contributed by atoms with van der Waals surface area (Å²) in [6.07, 6.45) is 1.02. The van der Waals surface area contributed by atoms with Gasteiger partial charge in [-0.25, -0.2) is 13.2 Å². The maximum absolute atomic E-state index is 12.6. The molecule has 1 saturated heterocycles. The molecule has 0 aromatic heterocycles. The van der Waals surface area contributed by atoms with Crippen molar-refractivity contribution in [2.45, 2.75) is 38.8 Å². The second-order valence-corrected chi connectivity index (χ2v) is 9.02. The summed E-state index contributed by atoms with van der Waals surface area (Å²) in [5.41, 5.74) is -0.135. The van der Waals surface area contributed by atoms with Gasteiger partial charge in [-0.05, 0) is 38.0 Å². The average Bonchev–Trinajstić information content (AvgIpc) is 2.94. The summed E-state index contributed by atoms with van der Waals surface area (Å²) in [4.78, 5) is 26.2. The van der Waals surface area contributed by atoms with Crippen LogP contribution in [0.3, 0.4) is 0 Å². The molecule has 0 aliphatic carbocycles. The number of phenolic OH excluding ortho intramolecular Hbond substituents is 1. The van der Waals surface area contributed by atoms with Gasteiger partial charge in [-0.3, -0.25) is 4.79 Å². The highest BCUT2D eigenvalue weighted by atomic mass is 35.5. The summed E-state index contributed by atoms with van der Waals surface area (Å²) in [6, 6.07) is 3.33. The number of esters is 1. The number of phenols is 1. The van der Waals surface area contributed by atoms with E-state index in [-0.39, 0.29) is 33.9 Å². The summed E-state index contributed by atoms with van der Waals surface area (Å²) in [5, 5.41) is 9.96. The SMILES string of the molecule is CC[C@H](C)N(C(=O)COC(=O)c1cc(Cl)ccc1O)[C@@H]1CCS(=O)(=O)C1. The van der Waals surface area contributed by atoms with Crippen LogP contribution in [0.15, 0.2) is 18.2 Å². The number of aromatic hydroxyl groups is 1. The van der Waals surface area contributed by atoms with Gasteiger partial charge in [-0.2, -0.15) is 0 Å². The van der Waals surface area contributed by atoms with Crippen LogP contribution in [0.4, 0.5) is 0 Å². The van der Waals surface area contributed by atoms with E-state index in [0.29, 0.717) is 12.8 Å². The fraction of sp³-hybridized carbons (Fsp3) is 0.529. The van der Waals surface area contributed by atoms with Crippen LogP contribution in [0.1, 0.15) is 37.0 Å². The molecule has 0 radical (unpaired) electrons. The van der Waals surface area contributed by atoms with Crippen molar-refractivity contribution in [3.8, 4) is 5.75 Å². The second-order valence-electron chi connectivity index (χ2n) is 6.35. The molecule has 0 spiro atoms. The molecule has 1 N–H and O–H groups in total. The first kappa shape index (κ1) is 20.5. The van der Waals surface area contributed by atoms with E-state index >= 15 is 0 Å². The summed E-state index contributed by atoms with van der Waals surface area (Å²) >= 11 is 5.80. The maximum atomic E-state index is 12.6. The normalized spacial score (nSPS) is 19.7. The molecule has 9 heteroatoms. The molecular formula is C17H22ClNO6S. The molecule has 2 atom stereocenters. The fourth-order valence-corrected chi connectivity index (χ4v) is 4.84. The summed E-state index contributed by atoms with van der Waals surface area (Å²) in [6.45, 7) is 3.18.